The molecule has 3 aromatic rings. The van der Waals surface area contributed by atoms with Crippen LogP contribution >= 0.6 is 11.8 Å². The zero-order chi connectivity index (χ0) is 17.4. The number of rotatable bonds is 5. The second-order valence-corrected chi connectivity index (χ2v) is 6.95. The van der Waals surface area contributed by atoms with Crippen molar-refractivity contribution < 1.29 is 9.53 Å². The summed E-state index contributed by atoms with van der Waals surface area (Å²) in [5, 5.41) is 9.15. The Balaban J connectivity index is 1.83. The molecular formula is C18H17N3O3S. The molecular weight excluding hydrogens is 338 g/mol. The third kappa shape index (κ3) is 2.95. The number of hydrogen-bond acceptors (Lipinski definition) is 5. The maximum Gasteiger partial charge on any atom is 0.348 e. The van der Waals surface area contributed by atoms with E-state index < -0.39 is 0 Å². The van der Waals surface area contributed by atoms with Crippen molar-refractivity contribution in [3.63, 3.8) is 0 Å². The van der Waals surface area contributed by atoms with Crippen LogP contribution in [0.4, 0.5) is 0 Å². The number of aromatic nitrogens is 3. The Kier molecular flexibility index (Phi) is 4.09. The van der Waals surface area contributed by atoms with E-state index in [-0.39, 0.29) is 17.4 Å². The van der Waals surface area contributed by atoms with Crippen LogP contribution in [-0.2, 0) is 9.53 Å². The van der Waals surface area contributed by atoms with Crippen LogP contribution in [0, 0.1) is 0 Å². The molecule has 0 spiro atoms. The first-order chi connectivity index (χ1) is 12.2. The van der Waals surface area contributed by atoms with Gasteiger partial charge in [-0.25, -0.2) is 14.5 Å². The van der Waals surface area contributed by atoms with Gasteiger partial charge in [-0.2, -0.15) is 0 Å². The van der Waals surface area contributed by atoms with E-state index in [1.165, 1.54) is 47.2 Å². The Hall–Kier alpha value is -2.54. The summed E-state index contributed by atoms with van der Waals surface area (Å²) in [5.41, 5.74) is 1.78. The maximum atomic E-state index is 12.3. The van der Waals surface area contributed by atoms with Crippen molar-refractivity contribution in [2.24, 2.45) is 0 Å². The normalized spacial score (nSPS) is 14.0. The van der Waals surface area contributed by atoms with Gasteiger partial charge in [-0.1, -0.05) is 42.1 Å². The van der Waals surface area contributed by atoms with Gasteiger partial charge in [-0.3, -0.25) is 4.79 Å². The molecule has 0 saturated heterocycles. The lowest BCUT2D eigenvalue weighted by Crippen LogP contribution is -2.16. The molecule has 6 nitrogen and oxygen atoms in total. The smallest absolute Gasteiger partial charge is 0.348 e. The summed E-state index contributed by atoms with van der Waals surface area (Å²) in [4.78, 5) is 23.8. The molecule has 0 bridgehead atoms. The topological polar surface area (TPSA) is 77.0 Å². The third-order valence-electron chi connectivity index (χ3n) is 4.38. The summed E-state index contributed by atoms with van der Waals surface area (Å²) in [6.07, 6.45) is 2.43. The van der Waals surface area contributed by atoms with E-state index in [2.05, 4.69) is 27.1 Å². The van der Waals surface area contributed by atoms with Crippen molar-refractivity contribution in [3.05, 3.63) is 52.4 Å². The first-order valence-electron chi connectivity index (χ1n) is 8.08. The Bertz CT molecular complexity index is 1000. The van der Waals surface area contributed by atoms with E-state index >= 15 is 0 Å². The molecule has 0 radical (unpaired) electrons. The maximum absolute atomic E-state index is 12.3. The van der Waals surface area contributed by atoms with E-state index in [9.17, 15) is 9.59 Å². The van der Waals surface area contributed by atoms with Crippen LogP contribution in [-0.4, -0.2) is 33.6 Å². The summed E-state index contributed by atoms with van der Waals surface area (Å²) in [6.45, 7) is 0. The first-order valence-corrected chi connectivity index (χ1v) is 9.06. The molecule has 1 fully saturated rings. The lowest BCUT2D eigenvalue weighted by molar-refractivity contribution is -0.137. The molecule has 1 aliphatic carbocycles. The largest absolute Gasteiger partial charge is 0.468 e. The minimum Gasteiger partial charge on any atom is -0.468 e. The van der Waals surface area contributed by atoms with Crippen molar-refractivity contribution >= 4 is 28.5 Å². The van der Waals surface area contributed by atoms with Crippen LogP contribution in [0.1, 0.15) is 24.3 Å². The van der Waals surface area contributed by atoms with Gasteiger partial charge in [0, 0.05) is 5.39 Å². The highest BCUT2D eigenvalue weighted by Crippen LogP contribution is 2.44. The number of methoxy groups -OCH3 is 1. The molecule has 0 atom stereocenters. The number of thioether (sulfide) groups is 1. The summed E-state index contributed by atoms with van der Waals surface area (Å²) >= 11 is 1.17. The Labute approximate surface area is 148 Å². The number of esters is 1. The number of H-pyrrole nitrogens is 1. The van der Waals surface area contributed by atoms with Gasteiger partial charge < -0.3 is 4.74 Å². The Morgan fingerprint density at radius 1 is 1.28 bits per heavy atom. The fourth-order valence-electron chi connectivity index (χ4n) is 3.03. The Morgan fingerprint density at radius 2 is 2.04 bits per heavy atom. The van der Waals surface area contributed by atoms with Gasteiger partial charge in [-0.15, -0.1) is 5.10 Å². The predicted octanol–water partition coefficient (Wildman–Crippen LogP) is 2.86. The zero-order valence-electron chi connectivity index (χ0n) is 13.7. The highest BCUT2D eigenvalue weighted by atomic mass is 32.2. The van der Waals surface area contributed by atoms with Crippen LogP contribution in [0.15, 0.2) is 46.3 Å². The van der Waals surface area contributed by atoms with E-state index in [1.807, 2.05) is 24.3 Å². The number of nitrogens with zero attached hydrogens (tertiary/aromatic N) is 2. The minimum atomic E-state index is -0.360. The number of aromatic amines is 1. The average molecular weight is 355 g/mol. The highest BCUT2D eigenvalue weighted by Gasteiger charge is 2.26. The molecule has 1 aromatic heterocycles. The van der Waals surface area contributed by atoms with Crippen LogP contribution < -0.4 is 5.69 Å². The monoisotopic (exact) mass is 355 g/mol. The molecule has 1 N–H and O–H groups in total. The van der Waals surface area contributed by atoms with Gasteiger partial charge in [0.2, 0.25) is 0 Å². The van der Waals surface area contributed by atoms with Gasteiger partial charge in [0.15, 0.2) is 5.16 Å². The number of fused-ring (bicyclic) bond motifs is 1. The van der Waals surface area contributed by atoms with Gasteiger partial charge in [0.1, 0.15) is 0 Å². The van der Waals surface area contributed by atoms with Crippen molar-refractivity contribution in [3.8, 4) is 5.69 Å². The molecule has 4 rings (SSSR count). The van der Waals surface area contributed by atoms with Crippen molar-refractivity contribution in [2.45, 2.75) is 23.9 Å². The average Bonchev–Trinajstić information content (AvgIpc) is 3.42. The fraction of sp³-hybridized carbons (Fsp3) is 0.278. The molecule has 7 heteroatoms. The number of hydrogen-bond donors (Lipinski definition) is 1. The molecule has 0 unspecified atom stereocenters. The van der Waals surface area contributed by atoms with Gasteiger partial charge >= 0.3 is 11.7 Å². The summed E-state index contributed by atoms with van der Waals surface area (Å²) in [7, 11) is 1.34. The lowest BCUT2D eigenvalue weighted by atomic mass is 9.99. The van der Waals surface area contributed by atoms with Gasteiger partial charge in [0.05, 0.1) is 18.6 Å². The predicted molar refractivity (Wildman–Crippen MR) is 96.4 cm³/mol. The lowest BCUT2D eigenvalue weighted by Gasteiger charge is -2.12. The van der Waals surface area contributed by atoms with Gasteiger partial charge in [-0.05, 0) is 35.8 Å². The fourth-order valence-corrected chi connectivity index (χ4v) is 3.81. The molecule has 0 aliphatic heterocycles. The van der Waals surface area contributed by atoms with Crippen molar-refractivity contribution in [1.82, 2.24) is 14.8 Å². The van der Waals surface area contributed by atoms with Crippen molar-refractivity contribution in [1.29, 1.82) is 0 Å². The summed E-state index contributed by atoms with van der Waals surface area (Å²) in [6, 6.07) is 12.2. The van der Waals surface area contributed by atoms with Crippen LogP contribution in [0.25, 0.3) is 16.5 Å². The third-order valence-corrected chi connectivity index (χ3v) is 5.29. The molecule has 1 saturated carbocycles. The molecule has 0 amide bonds. The van der Waals surface area contributed by atoms with Gasteiger partial charge in [0.25, 0.3) is 0 Å². The number of carbonyl (C=O) groups is 1. The second kappa shape index (κ2) is 6.40. The summed E-state index contributed by atoms with van der Waals surface area (Å²) in [5.74, 6) is 0.355. The zero-order valence-corrected chi connectivity index (χ0v) is 14.5. The number of nitrogens with one attached hydrogen (secondary N) is 1. The van der Waals surface area contributed by atoms with Crippen molar-refractivity contribution in [2.75, 3.05) is 12.9 Å². The van der Waals surface area contributed by atoms with E-state index in [0.717, 1.165) is 11.1 Å². The SMILES string of the molecule is COC(=O)CSc1n[nH]c(=O)n1-c1ccc(C2CC2)c2ccccc12. The van der Waals surface area contributed by atoms with Crippen LogP contribution in [0.2, 0.25) is 0 Å². The standard InChI is InChI=1S/C18H17N3O3S/c1-24-16(22)10-25-18-20-19-17(23)21(18)15-9-8-12(11-6-7-11)13-4-2-3-5-14(13)15/h2-5,8-9,11H,6-7,10H2,1H3,(H,19,23). The number of ether oxygens (including phenoxy) is 1. The van der Waals surface area contributed by atoms with Crippen LogP contribution in [0.3, 0.4) is 0 Å². The van der Waals surface area contributed by atoms with E-state index in [4.69, 9.17) is 0 Å². The quantitative estimate of drug-likeness (QED) is 0.562. The van der Waals surface area contributed by atoms with E-state index in [1.54, 1.807) is 0 Å². The Morgan fingerprint density at radius 3 is 2.76 bits per heavy atom. The molecule has 128 valence electrons. The second-order valence-electron chi connectivity index (χ2n) is 6.01. The molecule has 25 heavy (non-hydrogen) atoms. The molecule has 1 heterocycles. The minimum absolute atomic E-state index is 0.0961. The van der Waals surface area contributed by atoms with Crippen LogP contribution in [0.5, 0.6) is 0 Å². The summed E-state index contributed by atoms with van der Waals surface area (Å²) < 4.78 is 6.18. The highest BCUT2D eigenvalue weighted by molar-refractivity contribution is 7.99. The number of carbonyl (C=O) groups excluding carboxylic acids is 1. The molecule has 2 aromatic carbocycles. The van der Waals surface area contributed by atoms with E-state index in [0.29, 0.717) is 11.1 Å². The first kappa shape index (κ1) is 16.0. The number of benzene rings is 2. The molecule has 1 aliphatic rings.